The maximum atomic E-state index is 12.6. The van der Waals surface area contributed by atoms with E-state index in [4.69, 9.17) is 0 Å². The van der Waals surface area contributed by atoms with Crippen LogP contribution in [-0.2, 0) is 0 Å². The normalized spacial score (nSPS) is 37.4. The molecule has 0 bridgehead atoms. The summed E-state index contributed by atoms with van der Waals surface area (Å²) < 4.78 is 12.6. The Morgan fingerprint density at radius 2 is 1.55 bits per heavy atom. The molecule has 0 saturated heterocycles. The summed E-state index contributed by atoms with van der Waals surface area (Å²) in [5, 5.41) is 0. The van der Waals surface area contributed by atoms with Crippen LogP contribution in [-0.4, -0.2) is 6.17 Å². The highest BCUT2D eigenvalue weighted by Gasteiger charge is 2.23. The van der Waals surface area contributed by atoms with E-state index in [1.54, 1.807) is 0 Å². The van der Waals surface area contributed by atoms with Crippen LogP contribution >= 0.6 is 0 Å². The number of hydrogen-bond acceptors (Lipinski definition) is 0. The van der Waals surface area contributed by atoms with Crippen LogP contribution in [0.5, 0.6) is 0 Å². The first-order valence-corrected chi connectivity index (χ1v) is 4.84. The van der Waals surface area contributed by atoms with Crippen LogP contribution in [0.15, 0.2) is 0 Å². The average Bonchev–Trinajstić information content (AvgIpc) is 2.02. The molecule has 11 heavy (non-hydrogen) atoms. The molecule has 1 heteroatoms. The van der Waals surface area contributed by atoms with Crippen molar-refractivity contribution in [2.24, 2.45) is 11.8 Å². The third kappa shape index (κ3) is 3.74. The molecule has 0 aromatic heterocycles. The van der Waals surface area contributed by atoms with E-state index in [1.165, 1.54) is 0 Å². The highest BCUT2D eigenvalue weighted by atomic mass is 19.1. The van der Waals surface area contributed by atoms with Gasteiger partial charge in [0.25, 0.3) is 0 Å². The first kappa shape index (κ1) is 10.9. The van der Waals surface area contributed by atoms with Gasteiger partial charge in [0, 0.05) is 0 Å². The Morgan fingerprint density at radius 3 is 1.91 bits per heavy atom. The molecule has 0 aliphatic heterocycles. The van der Waals surface area contributed by atoms with E-state index in [-0.39, 0.29) is 0 Å². The lowest BCUT2D eigenvalue weighted by atomic mass is 9.81. The van der Waals surface area contributed by atoms with E-state index < -0.39 is 6.17 Å². The van der Waals surface area contributed by atoms with Gasteiger partial charge in [0.05, 0.1) is 0 Å². The average molecular weight is 160 g/mol. The Balaban J connectivity index is 0.000000461. The van der Waals surface area contributed by atoms with E-state index in [2.05, 4.69) is 13.8 Å². The molecule has 0 spiro atoms. The van der Waals surface area contributed by atoms with Gasteiger partial charge in [-0.1, -0.05) is 27.7 Å². The van der Waals surface area contributed by atoms with E-state index >= 15 is 0 Å². The Bertz CT molecular complexity index is 90.9. The topological polar surface area (TPSA) is 0 Å². The number of halogens is 1. The Labute approximate surface area is 70.2 Å². The second-order valence-corrected chi connectivity index (χ2v) is 3.36. The fourth-order valence-corrected chi connectivity index (χ4v) is 1.48. The first-order valence-electron chi connectivity index (χ1n) is 4.84. The van der Waals surface area contributed by atoms with Crippen LogP contribution < -0.4 is 0 Å². The van der Waals surface area contributed by atoms with E-state index in [9.17, 15) is 4.39 Å². The SMILES string of the molecule is CC.CC1CCC(F)CC1C. The van der Waals surface area contributed by atoms with Crippen molar-refractivity contribution in [2.45, 2.75) is 53.1 Å². The summed E-state index contributed by atoms with van der Waals surface area (Å²) in [4.78, 5) is 0. The van der Waals surface area contributed by atoms with Crippen molar-refractivity contribution in [1.29, 1.82) is 0 Å². The molecular weight excluding hydrogens is 139 g/mol. The summed E-state index contributed by atoms with van der Waals surface area (Å²) in [5.41, 5.74) is 0. The molecule has 3 unspecified atom stereocenters. The van der Waals surface area contributed by atoms with Crippen LogP contribution in [0.3, 0.4) is 0 Å². The monoisotopic (exact) mass is 160 g/mol. The molecule has 0 aromatic carbocycles. The van der Waals surface area contributed by atoms with Crippen LogP contribution in [0.4, 0.5) is 4.39 Å². The minimum atomic E-state index is -0.504. The van der Waals surface area contributed by atoms with Gasteiger partial charge in [-0.3, -0.25) is 0 Å². The largest absolute Gasteiger partial charge is 0.247 e. The molecule has 0 radical (unpaired) electrons. The van der Waals surface area contributed by atoms with E-state index in [0.29, 0.717) is 5.92 Å². The zero-order valence-corrected chi connectivity index (χ0v) is 8.23. The summed E-state index contributed by atoms with van der Waals surface area (Å²) in [7, 11) is 0. The fourth-order valence-electron chi connectivity index (χ4n) is 1.48. The number of rotatable bonds is 0. The molecule has 0 nitrogen and oxygen atoms in total. The van der Waals surface area contributed by atoms with Gasteiger partial charge in [0.15, 0.2) is 0 Å². The minimum absolute atomic E-state index is 0.504. The molecule has 1 rings (SSSR count). The fraction of sp³-hybridized carbons (Fsp3) is 1.00. The van der Waals surface area contributed by atoms with Crippen LogP contribution in [0.1, 0.15) is 47.0 Å². The molecule has 0 heterocycles. The first-order chi connectivity index (χ1) is 5.20. The smallest absolute Gasteiger partial charge is 0.100 e. The van der Waals surface area contributed by atoms with Gasteiger partial charge in [-0.15, -0.1) is 0 Å². The maximum absolute atomic E-state index is 12.6. The third-order valence-electron chi connectivity index (χ3n) is 2.53. The molecule has 1 aliphatic rings. The second kappa shape index (κ2) is 5.56. The number of alkyl halides is 1. The summed E-state index contributed by atoms with van der Waals surface area (Å²) in [6.07, 6.45) is 2.17. The molecule has 68 valence electrons. The second-order valence-electron chi connectivity index (χ2n) is 3.36. The summed E-state index contributed by atoms with van der Waals surface area (Å²) in [6, 6.07) is 0. The van der Waals surface area contributed by atoms with Gasteiger partial charge in [0.2, 0.25) is 0 Å². The molecule has 0 N–H and O–H groups in total. The highest BCUT2D eigenvalue weighted by Crippen LogP contribution is 2.30. The van der Waals surface area contributed by atoms with Crippen molar-refractivity contribution in [2.75, 3.05) is 0 Å². The van der Waals surface area contributed by atoms with Crippen molar-refractivity contribution in [3.8, 4) is 0 Å². The standard InChI is InChI=1S/C8H15F.C2H6/c1-6-3-4-8(9)5-7(6)2;1-2/h6-8H,3-5H2,1-2H3;1-2H3. The van der Waals surface area contributed by atoms with Crippen LogP contribution in [0, 0.1) is 11.8 Å². The number of hydrogen-bond donors (Lipinski definition) is 0. The minimum Gasteiger partial charge on any atom is -0.247 e. The van der Waals surface area contributed by atoms with E-state index in [0.717, 1.165) is 25.2 Å². The van der Waals surface area contributed by atoms with Crippen molar-refractivity contribution in [3.63, 3.8) is 0 Å². The Kier molecular flexibility index (Phi) is 5.53. The lowest BCUT2D eigenvalue weighted by Crippen LogP contribution is -2.21. The predicted octanol–water partition coefficient (Wildman–Crippen LogP) is 3.81. The lowest BCUT2D eigenvalue weighted by Gasteiger charge is -2.27. The van der Waals surface area contributed by atoms with Crippen molar-refractivity contribution < 1.29 is 4.39 Å². The van der Waals surface area contributed by atoms with Gasteiger partial charge in [0.1, 0.15) is 6.17 Å². The van der Waals surface area contributed by atoms with Crippen molar-refractivity contribution in [1.82, 2.24) is 0 Å². The Hall–Kier alpha value is -0.0700. The van der Waals surface area contributed by atoms with Crippen molar-refractivity contribution in [3.05, 3.63) is 0 Å². The van der Waals surface area contributed by atoms with Gasteiger partial charge in [-0.2, -0.15) is 0 Å². The van der Waals surface area contributed by atoms with Gasteiger partial charge < -0.3 is 0 Å². The molecule has 1 fully saturated rings. The predicted molar refractivity (Wildman–Crippen MR) is 48.4 cm³/mol. The molecule has 0 aromatic rings. The van der Waals surface area contributed by atoms with Crippen molar-refractivity contribution >= 4 is 0 Å². The molecule has 1 saturated carbocycles. The molecular formula is C10H21F. The highest BCUT2D eigenvalue weighted by molar-refractivity contribution is 4.74. The quantitative estimate of drug-likeness (QED) is 0.505. The van der Waals surface area contributed by atoms with Crippen LogP contribution in [0.2, 0.25) is 0 Å². The maximum Gasteiger partial charge on any atom is 0.100 e. The molecule has 3 atom stereocenters. The Morgan fingerprint density at radius 1 is 1.00 bits per heavy atom. The lowest BCUT2D eigenvalue weighted by molar-refractivity contribution is 0.161. The summed E-state index contributed by atoms with van der Waals surface area (Å²) in [5.74, 6) is 1.35. The van der Waals surface area contributed by atoms with Gasteiger partial charge in [-0.05, 0) is 31.1 Å². The molecule has 0 amide bonds. The summed E-state index contributed by atoms with van der Waals surface area (Å²) in [6.45, 7) is 8.37. The molecule has 1 aliphatic carbocycles. The van der Waals surface area contributed by atoms with Gasteiger partial charge >= 0.3 is 0 Å². The zero-order valence-electron chi connectivity index (χ0n) is 8.23. The third-order valence-corrected chi connectivity index (χ3v) is 2.53. The summed E-state index contributed by atoms with van der Waals surface area (Å²) >= 11 is 0. The van der Waals surface area contributed by atoms with E-state index in [1.807, 2.05) is 13.8 Å². The zero-order chi connectivity index (χ0) is 8.85. The van der Waals surface area contributed by atoms with Crippen LogP contribution in [0.25, 0.3) is 0 Å². The van der Waals surface area contributed by atoms with Gasteiger partial charge in [-0.25, -0.2) is 4.39 Å².